The molecule has 0 saturated carbocycles. The Labute approximate surface area is 157 Å². The topological polar surface area (TPSA) is 90.9 Å². The Balaban J connectivity index is 1.77. The summed E-state index contributed by atoms with van der Waals surface area (Å²) in [6.07, 6.45) is 0.0268. The van der Waals surface area contributed by atoms with E-state index in [0.717, 1.165) is 5.56 Å². The van der Waals surface area contributed by atoms with Crippen molar-refractivity contribution in [1.82, 2.24) is 0 Å². The van der Waals surface area contributed by atoms with Gasteiger partial charge in [-0.1, -0.05) is 24.3 Å². The van der Waals surface area contributed by atoms with Crippen molar-refractivity contribution in [2.45, 2.75) is 13.3 Å². The van der Waals surface area contributed by atoms with Crippen molar-refractivity contribution >= 4 is 23.5 Å². The molecule has 0 unspecified atom stereocenters. The second-order valence-corrected chi connectivity index (χ2v) is 5.64. The zero-order valence-corrected chi connectivity index (χ0v) is 15.2. The minimum Gasteiger partial charge on any atom is -0.493 e. The van der Waals surface area contributed by atoms with E-state index in [0.29, 0.717) is 17.0 Å². The fourth-order valence-corrected chi connectivity index (χ4v) is 2.17. The standard InChI is InChI=1S/C20H21NO6/c1-14-8-9-15(20(24)25-2)12-17(14)21-18(22)13-27-19(23)10-11-26-16-6-4-3-5-7-16/h3-9,12H,10-11,13H2,1-2H3,(H,21,22). The second kappa shape index (κ2) is 9.96. The molecule has 0 aliphatic rings. The van der Waals surface area contributed by atoms with E-state index in [2.05, 4.69) is 10.1 Å². The number of hydrogen-bond donors (Lipinski definition) is 1. The van der Waals surface area contributed by atoms with E-state index in [1.165, 1.54) is 13.2 Å². The van der Waals surface area contributed by atoms with Crippen molar-refractivity contribution in [2.75, 3.05) is 25.6 Å². The van der Waals surface area contributed by atoms with E-state index in [-0.39, 0.29) is 13.0 Å². The third kappa shape index (κ3) is 6.47. The molecule has 0 aliphatic carbocycles. The highest BCUT2D eigenvalue weighted by molar-refractivity contribution is 5.96. The smallest absolute Gasteiger partial charge is 0.337 e. The van der Waals surface area contributed by atoms with Crippen molar-refractivity contribution < 1.29 is 28.6 Å². The van der Waals surface area contributed by atoms with E-state index in [9.17, 15) is 14.4 Å². The Morgan fingerprint density at radius 3 is 2.48 bits per heavy atom. The third-order valence-electron chi connectivity index (χ3n) is 3.62. The lowest BCUT2D eigenvalue weighted by Crippen LogP contribution is -2.22. The number of esters is 2. The highest BCUT2D eigenvalue weighted by Crippen LogP contribution is 2.17. The number of hydrogen-bond acceptors (Lipinski definition) is 6. The minimum atomic E-state index is -0.541. The number of amides is 1. The highest BCUT2D eigenvalue weighted by atomic mass is 16.5. The number of methoxy groups -OCH3 is 1. The predicted molar refractivity (Wildman–Crippen MR) is 98.7 cm³/mol. The number of carbonyl (C=O) groups is 3. The molecule has 0 radical (unpaired) electrons. The predicted octanol–water partition coefficient (Wildman–Crippen LogP) is 2.73. The van der Waals surface area contributed by atoms with E-state index >= 15 is 0 Å². The van der Waals surface area contributed by atoms with Crippen LogP contribution in [0.4, 0.5) is 5.69 Å². The number of nitrogens with one attached hydrogen (secondary N) is 1. The van der Waals surface area contributed by atoms with Gasteiger partial charge in [0.2, 0.25) is 0 Å². The normalized spacial score (nSPS) is 10.0. The summed E-state index contributed by atoms with van der Waals surface area (Å²) in [6.45, 7) is 1.51. The van der Waals surface area contributed by atoms with Gasteiger partial charge in [-0.15, -0.1) is 0 Å². The van der Waals surface area contributed by atoms with Crippen LogP contribution in [0.1, 0.15) is 22.3 Å². The van der Waals surface area contributed by atoms with Gasteiger partial charge < -0.3 is 19.5 Å². The van der Waals surface area contributed by atoms with Crippen molar-refractivity contribution in [3.8, 4) is 5.75 Å². The highest BCUT2D eigenvalue weighted by Gasteiger charge is 2.12. The molecule has 2 rings (SSSR count). The molecule has 2 aromatic rings. The number of carbonyl (C=O) groups excluding carboxylic acids is 3. The summed E-state index contributed by atoms with van der Waals surface area (Å²) in [4.78, 5) is 35.2. The van der Waals surface area contributed by atoms with Gasteiger partial charge in [0.05, 0.1) is 25.7 Å². The first-order chi connectivity index (χ1) is 13.0. The van der Waals surface area contributed by atoms with Gasteiger partial charge in [-0.3, -0.25) is 9.59 Å². The molecular formula is C20H21NO6. The average molecular weight is 371 g/mol. The van der Waals surface area contributed by atoms with E-state index in [1.54, 1.807) is 31.2 Å². The number of para-hydroxylation sites is 1. The van der Waals surface area contributed by atoms with Crippen LogP contribution in [0.25, 0.3) is 0 Å². The average Bonchev–Trinajstić information content (AvgIpc) is 2.68. The van der Waals surface area contributed by atoms with Gasteiger partial charge in [-0.25, -0.2) is 4.79 Å². The summed E-state index contributed by atoms with van der Waals surface area (Å²) in [5, 5.41) is 2.61. The zero-order chi connectivity index (χ0) is 19.6. The lowest BCUT2D eigenvalue weighted by atomic mass is 10.1. The van der Waals surface area contributed by atoms with Crippen LogP contribution in [0.3, 0.4) is 0 Å². The molecule has 7 nitrogen and oxygen atoms in total. The number of anilines is 1. The molecule has 0 fully saturated rings. The zero-order valence-electron chi connectivity index (χ0n) is 15.2. The molecule has 0 heterocycles. The maximum atomic E-state index is 12.0. The lowest BCUT2D eigenvalue weighted by Gasteiger charge is -2.10. The quantitative estimate of drug-likeness (QED) is 0.718. The van der Waals surface area contributed by atoms with Crippen LogP contribution in [0.2, 0.25) is 0 Å². The first kappa shape index (κ1) is 20.0. The largest absolute Gasteiger partial charge is 0.493 e. The first-order valence-electron chi connectivity index (χ1n) is 8.32. The SMILES string of the molecule is COC(=O)c1ccc(C)c(NC(=O)COC(=O)CCOc2ccccc2)c1. The molecule has 7 heteroatoms. The molecular weight excluding hydrogens is 350 g/mol. The molecule has 0 bridgehead atoms. The number of aryl methyl sites for hydroxylation is 1. The minimum absolute atomic E-state index is 0.0268. The number of rotatable bonds is 8. The van der Waals surface area contributed by atoms with E-state index < -0.39 is 24.5 Å². The van der Waals surface area contributed by atoms with Crippen LogP contribution in [-0.4, -0.2) is 38.2 Å². The van der Waals surface area contributed by atoms with Crippen LogP contribution in [0, 0.1) is 6.92 Å². The molecule has 27 heavy (non-hydrogen) atoms. The molecule has 142 valence electrons. The van der Waals surface area contributed by atoms with Crippen molar-refractivity contribution in [2.24, 2.45) is 0 Å². The van der Waals surface area contributed by atoms with Crippen molar-refractivity contribution in [1.29, 1.82) is 0 Å². The van der Waals surface area contributed by atoms with Crippen LogP contribution in [0.5, 0.6) is 5.75 Å². The summed E-state index contributed by atoms with van der Waals surface area (Å²) >= 11 is 0. The molecule has 2 aromatic carbocycles. The first-order valence-corrected chi connectivity index (χ1v) is 8.32. The molecule has 1 N–H and O–H groups in total. The summed E-state index contributed by atoms with van der Waals surface area (Å²) in [5.41, 5.74) is 1.53. The maximum absolute atomic E-state index is 12.0. The van der Waals surface area contributed by atoms with Crippen LogP contribution < -0.4 is 10.1 Å². The summed E-state index contributed by atoms with van der Waals surface area (Å²) in [6, 6.07) is 13.9. The maximum Gasteiger partial charge on any atom is 0.337 e. The fourth-order valence-electron chi connectivity index (χ4n) is 2.17. The third-order valence-corrected chi connectivity index (χ3v) is 3.62. The Morgan fingerprint density at radius 1 is 1.04 bits per heavy atom. The van der Waals surface area contributed by atoms with Crippen molar-refractivity contribution in [3.05, 3.63) is 59.7 Å². The molecule has 0 atom stereocenters. The van der Waals surface area contributed by atoms with Gasteiger partial charge >= 0.3 is 11.9 Å². The van der Waals surface area contributed by atoms with Gasteiger partial charge in [-0.2, -0.15) is 0 Å². The lowest BCUT2D eigenvalue weighted by molar-refractivity contribution is -0.147. The van der Waals surface area contributed by atoms with E-state index in [4.69, 9.17) is 9.47 Å². The summed E-state index contributed by atoms with van der Waals surface area (Å²) in [5.74, 6) is -0.891. The van der Waals surface area contributed by atoms with Gasteiger partial charge in [0, 0.05) is 5.69 Å². The van der Waals surface area contributed by atoms with Crippen LogP contribution in [-0.2, 0) is 19.1 Å². The number of ether oxygens (including phenoxy) is 3. The Bertz CT molecular complexity index is 803. The molecule has 0 aromatic heterocycles. The Hall–Kier alpha value is -3.35. The summed E-state index contributed by atoms with van der Waals surface area (Å²) < 4.78 is 15.0. The molecule has 0 saturated heterocycles. The monoisotopic (exact) mass is 371 g/mol. The van der Waals surface area contributed by atoms with E-state index in [1.807, 2.05) is 18.2 Å². The molecule has 0 spiro atoms. The fraction of sp³-hybridized carbons (Fsp3) is 0.250. The van der Waals surface area contributed by atoms with Crippen LogP contribution in [0.15, 0.2) is 48.5 Å². The van der Waals surface area contributed by atoms with Gasteiger partial charge in [0.1, 0.15) is 5.75 Å². The second-order valence-electron chi connectivity index (χ2n) is 5.64. The van der Waals surface area contributed by atoms with Gasteiger partial charge in [0.25, 0.3) is 5.91 Å². The summed E-state index contributed by atoms with van der Waals surface area (Å²) in [7, 11) is 1.28. The Kier molecular flexibility index (Phi) is 7.37. The molecule has 1 amide bonds. The van der Waals surface area contributed by atoms with Gasteiger partial charge in [0.15, 0.2) is 6.61 Å². The van der Waals surface area contributed by atoms with Gasteiger partial charge in [-0.05, 0) is 36.8 Å². The number of benzene rings is 2. The Morgan fingerprint density at radius 2 is 1.78 bits per heavy atom. The molecule has 0 aliphatic heterocycles. The van der Waals surface area contributed by atoms with Crippen molar-refractivity contribution in [3.63, 3.8) is 0 Å². The van der Waals surface area contributed by atoms with Crippen LogP contribution >= 0.6 is 0 Å².